The number of carbonyl (C=O) groups is 1. The average Bonchev–Trinajstić information content (AvgIpc) is 3.36. The van der Waals surface area contributed by atoms with Crippen molar-refractivity contribution in [3.05, 3.63) is 46.0 Å². The molecular formula is C22H27N3O3S. The number of esters is 1. The number of nitrogens with zero attached hydrogens (tertiary/aromatic N) is 3. The first kappa shape index (κ1) is 20.1. The molecule has 0 N–H and O–H groups in total. The number of aromatic nitrogens is 2. The lowest BCUT2D eigenvalue weighted by atomic mass is 10.0. The molecule has 0 amide bonds. The van der Waals surface area contributed by atoms with Crippen molar-refractivity contribution in [3.8, 4) is 11.3 Å². The maximum Gasteiger partial charge on any atom is 0.338 e. The Kier molecular flexibility index (Phi) is 5.72. The standard InChI is InChI=1S/C22H27N3O3S/c1-14(2)28-22(26)19-10-18-9-17(20-12-29-13-23-20)11-25(18)21(15(19)3)16(4)24-5-7-27-8-6-24/h9-14,16H,5-8H2,1-4H3. The van der Waals surface area contributed by atoms with Gasteiger partial charge in [0.05, 0.1) is 36.1 Å². The summed E-state index contributed by atoms with van der Waals surface area (Å²) in [5, 5.41) is 2.04. The lowest BCUT2D eigenvalue weighted by Gasteiger charge is -2.34. The maximum absolute atomic E-state index is 12.8. The van der Waals surface area contributed by atoms with E-state index < -0.39 is 0 Å². The van der Waals surface area contributed by atoms with Crippen LogP contribution >= 0.6 is 11.3 Å². The zero-order chi connectivity index (χ0) is 20.5. The van der Waals surface area contributed by atoms with Gasteiger partial charge in [0.2, 0.25) is 0 Å². The van der Waals surface area contributed by atoms with Crippen LogP contribution < -0.4 is 0 Å². The first-order valence-corrected chi connectivity index (χ1v) is 11.0. The minimum Gasteiger partial charge on any atom is -0.459 e. The summed E-state index contributed by atoms with van der Waals surface area (Å²) in [7, 11) is 0. The molecule has 29 heavy (non-hydrogen) atoms. The topological polar surface area (TPSA) is 56.1 Å². The number of pyridine rings is 1. The smallest absolute Gasteiger partial charge is 0.338 e. The van der Waals surface area contributed by atoms with E-state index >= 15 is 0 Å². The molecule has 1 atom stereocenters. The van der Waals surface area contributed by atoms with Crippen molar-refractivity contribution < 1.29 is 14.3 Å². The van der Waals surface area contributed by atoms with Crippen LogP contribution in [0, 0.1) is 6.92 Å². The molecule has 154 valence electrons. The van der Waals surface area contributed by atoms with Crippen molar-refractivity contribution in [3.63, 3.8) is 0 Å². The number of ether oxygens (including phenoxy) is 2. The van der Waals surface area contributed by atoms with Gasteiger partial charge in [-0.15, -0.1) is 11.3 Å². The first-order chi connectivity index (χ1) is 14.0. The summed E-state index contributed by atoms with van der Waals surface area (Å²) < 4.78 is 13.3. The highest BCUT2D eigenvalue weighted by Crippen LogP contribution is 2.32. The summed E-state index contributed by atoms with van der Waals surface area (Å²) >= 11 is 1.58. The molecule has 3 aromatic heterocycles. The molecule has 1 aliphatic rings. The van der Waals surface area contributed by atoms with Gasteiger partial charge in [-0.2, -0.15) is 0 Å². The van der Waals surface area contributed by atoms with E-state index in [2.05, 4.69) is 33.5 Å². The summed E-state index contributed by atoms with van der Waals surface area (Å²) in [5.74, 6) is -0.271. The second-order valence-corrected chi connectivity index (χ2v) is 8.46. The van der Waals surface area contributed by atoms with Crippen LogP contribution in [0.3, 0.4) is 0 Å². The minimum absolute atomic E-state index is 0.142. The molecule has 1 aliphatic heterocycles. The van der Waals surface area contributed by atoms with Gasteiger partial charge in [0.15, 0.2) is 0 Å². The van der Waals surface area contributed by atoms with Gasteiger partial charge in [0.25, 0.3) is 0 Å². The molecule has 0 aromatic carbocycles. The van der Waals surface area contributed by atoms with Gasteiger partial charge in [-0.25, -0.2) is 9.78 Å². The molecule has 0 bridgehead atoms. The van der Waals surface area contributed by atoms with E-state index in [0.717, 1.165) is 54.3 Å². The van der Waals surface area contributed by atoms with Crippen molar-refractivity contribution in [2.45, 2.75) is 39.8 Å². The van der Waals surface area contributed by atoms with Crippen molar-refractivity contribution in [2.75, 3.05) is 26.3 Å². The van der Waals surface area contributed by atoms with Gasteiger partial charge in [-0.3, -0.25) is 4.90 Å². The molecule has 1 saturated heterocycles. The molecule has 4 rings (SSSR count). The summed E-state index contributed by atoms with van der Waals surface area (Å²) in [6, 6.07) is 4.17. The summed E-state index contributed by atoms with van der Waals surface area (Å²) in [5.41, 5.74) is 7.52. The number of morpholine rings is 1. The van der Waals surface area contributed by atoms with E-state index in [1.807, 2.05) is 37.7 Å². The van der Waals surface area contributed by atoms with Crippen LogP contribution in [0.1, 0.15) is 48.4 Å². The summed E-state index contributed by atoms with van der Waals surface area (Å²) in [4.78, 5) is 19.7. The fraction of sp³-hybridized carbons (Fsp3) is 0.455. The number of rotatable bonds is 5. The molecule has 3 aromatic rings. The fourth-order valence-corrected chi connectivity index (χ4v) is 4.57. The zero-order valence-electron chi connectivity index (χ0n) is 17.3. The number of carbonyl (C=O) groups excluding carboxylic acids is 1. The fourth-order valence-electron chi connectivity index (χ4n) is 4.01. The summed E-state index contributed by atoms with van der Waals surface area (Å²) in [6.45, 7) is 11.2. The first-order valence-electron chi connectivity index (χ1n) is 10.0. The highest BCUT2D eigenvalue weighted by atomic mass is 32.1. The van der Waals surface area contributed by atoms with E-state index in [1.54, 1.807) is 11.3 Å². The van der Waals surface area contributed by atoms with Gasteiger partial charge in [-0.05, 0) is 45.4 Å². The Labute approximate surface area is 175 Å². The third kappa shape index (κ3) is 3.95. The highest BCUT2D eigenvalue weighted by molar-refractivity contribution is 7.07. The maximum atomic E-state index is 12.8. The Balaban J connectivity index is 1.86. The third-order valence-electron chi connectivity index (χ3n) is 5.47. The number of thiazole rings is 1. The lowest BCUT2D eigenvalue weighted by molar-refractivity contribution is 0.0186. The van der Waals surface area contributed by atoms with Gasteiger partial charge >= 0.3 is 5.97 Å². The molecule has 1 unspecified atom stereocenters. The van der Waals surface area contributed by atoms with Crippen molar-refractivity contribution in [1.82, 2.24) is 14.3 Å². The second kappa shape index (κ2) is 8.26. The minimum atomic E-state index is -0.271. The molecule has 4 heterocycles. The molecule has 0 radical (unpaired) electrons. The highest BCUT2D eigenvalue weighted by Gasteiger charge is 2.26. The van der Waals surface area contributed by atoms with Crippen molar-refractivity contribution in [1.29, 1.82) is 0 Å². The average molecular weight is 414 g/mol. The second-order valence-electron chi connectivity index (χ2n) is 7.74. The Morgan fingerprint density at radius 2 is 2.00 bits per heavy atom. The number of hydrogen-bond acceptors (Lipinski definition) is 6. The van der Waals surface area contributed by atoms with E-state index in [-0.39, 0.29) is 18.1 Å². The predicted molar refractivity (Wildman–Crippen MR) is 115 cm³/mol. The van der Waals surface area contributed by atoms with Crippen LogP contribution in [0.25, 0.3) is 16.8 Å². The Morgan fingerprint density at radius 1 is 1.24 bits per heavy atom. The van der Waals surface area contributed by atoms with Gasteiger partial charge in [0, 0.05) is 47.5 Å². The Morgan fingerprint density at radius 3 is 2.66 bits per heavy atom. The van der Waals surface area contributed by atoms with E-state index in [9.17, 15) is 4.79 Å². The molecule has 0 spiro atoms. The molecule has 6 nitrogen and oxygen atoms in total. The largest absolute Gasteiger partial charge is 0.459 e. The molecule has 0 aliphatic carbocycles. The lowest BCUT2D eigenvalue weighted by Crippen LogP contribution is -2.39. The van der Waals surface area contributed by atoms with Gasteiger partial charge in [-0.1, -0.05) is 0 Å². The van der Waals surface area contributed by atoms with Crippen LogP contribution in [0.15, 0.2) is 29.2 Å². The molecule has 1 fully saturated rings. The summed E-state index contributed by atoms with van der Waals surface area (Å²) in [6.07, 6.45) is 1.97. The molecule has 7 heteroatoms. The van der Waals surface area contributed by atoms with Crippen LogP contribution in [-0.2, 0) is 9.47 Å². The van der Waals surface area contributed by atoms with Crippen LogP contribution in [0.5, 0.6) is 0 Å². The van der Waals surface area contributed by atoms with E-state index in [4.69, 9.17) is 9.47 Å². The van der Waals surface area contributed by atoms with Crippen LogP contribution in [0.2, 0.25) is 0 Å². The molecule has 0 saturated carbocycles. The quantitative estimate of drug-likeness (QED) is 0.583. The normalized spacial score (nSPS) is 16.4. The SMILES string of the molecule is Cc1c(C(=O)OC(C)C)cc2cc(-c3cscn3)cn2c1C(C)N1CCOCC1. The third-order valence-corrected chi connectivity index (χ3v) is 6.06. The van der Waals surface area contributed by atoms with E-state index in [1.165, 1.54) is 0 Å². The van der Waals surface area contributed by atoms with Gasteiger partial charge < -0.3 is 13.9 Å². The van der Waals surface area contributed by atoms with E-state index in [0.29, 0.717) is 5.56 Å². The van der Waals surface area contributed by atoms with Crippen LogP contribution in [-0.4, -0.2) is 52.7 Å². The van der Waals surface area contributed by atoms with Crippen molar-refractivity contribution in [2.24, 2.45) is 0 Å². The van der Waals surface area contributed by atoms with Gasteiger partial charge in [0.1, 0.15) is 0 Å². The van der Waals surface area contributed by atoms with Crippen molar-refractivity contribution >= 4 is 22.8 Å². The van der Waals surface area contributed by atoms with Crippen LogP contribution in [0.4, 0.5) is 0 Å². The Bertz CT molecular complexity index is 1000. The molecular weight excluding hydrogens is 386 g/mol. The number of fused-ring (bicyclic) bond motifs is 1. The monoisotopic (exact) mass is 413 g/mol. The zero-order valence-corrected chi connectivity index (χ0v) is 18.2. The predicted octanol–water partition coefficient (Wildman–Crippen LogP) is 4.33. The number of hydrogen-bond donors (Lipinski definition) is 0. The Hall–Kier alpha value is -2.22.